The molecule has 0 N–H and O–H groups in total. The Hall–Kier alpha value is -3.12. The van der Waals surface area contributed by atoms with Gasteiger partial charge in [0.25, 0.3) is 5.56 Å². The van der Waals surface area contributed by atoms with E-state index in [0.29, 0.717) is 29.2 Å². The SMILES string of the molecule is CCOC(=O)[C@H](Sc1nc2cc3ccccc3cc2c(=O)n1CC)c1ccccc1. The Bertz CT molecular complexity index is 1270. The first kappa shape index (κ1) is 20.2. The Morgan fingerprint density at radius 1 is 1.03 bits per heavy atom. The van der Waals surface area contributed by atoms with Crippen LogP contribution < -0.4 is 5.56 Å². The van der Waals surface area contributed by atoms with Crippen molar-refractivity contribution in [3.05, 3.63) is 82.6 Å². The molecule has 0 unspecified atom stereocenters. The molecule has 0 radical (unpaired) electrons. The van der Waals surface area contributed by atoms with Crippen molar-refractivity contribution in [2.45, 2.75) is 30.8 Å². The molecule has 1 atom stereocenters. The molecule has 30 heavy (non-hydrogen) atoms. The second kappa shape index (κ2) is 8.71. The van der Waals surface area contributed by atoms with Gasteiger partial charge in [-0.3, -0.25) is 14.2 Å². The van der Waals surface area contributed by atoms with Crippen molar-refractivity contribution in [1.29, 1.82) is 0 Å². The van der Waals surface area contributed by atoms with Crippen LogP contribution in [0.4, 0.5) is 0 Å². The summed E-state index contributed by atoms with van der Waals surface area (Å²) >= 11 is 1.25. The number of carbonyl (C=O) groups excluding carboxylic acids is 1. The molecule has 152 valence electrons. The lowest BCUT2D eigenvalue weighted by molar-refractivity contribution is -0.142. The molecule has 0 aliphatic heterocycles. The zero-order valence-corrected chi connectivity index (χ0v) is 17.7. The van der Waals surface area contributed by atoms with E-state index in [1.807, 2.05) is 73.7 Å². The van der Waals surface area contributed by atoms with Crippen LogP contribution in [0, 0.1) is 0 Å². The topological polar surface area (TPSA) is 61.2 Å². The van der Waals surface area contributed by atoms with Crippen LogP contribution in [-0.4, -0.2) is 22.1 Å². The molecule has 0 saturated carbocycles. The number of hydrogen-bond donors (Lipinski definition) is 0. The Morgan fingerprint density at radius 3 is 2.37 bits per heavy atom. The predicted octanol–water partition coefficient (Wildman–Crippen LogP) is 4.97. The molecular weight excluding hydrogens is 396 g/mol. The Kier molecular flexibility index (Phi) is 5.86. The van der Waals surface area contributed by atoms with Crippen LogP contribution in [-0.2, 0) is 16.1 Å². The number of fused-ring (bicyclic) bond motifs is 2. The van der Waals surface area contributed by atoms with E-state index in [1.165, 1.54) is 11.8 Å². The maximum absolute atomic E-state index is 13.2. The summed E-state index contributed by atoms with van der Waals surface area (Å²) in [6.45, 7) is 4.44. The maximum Gasteiger partial charge on any atom is 0.324 e. The number of aromatic nitrogens is 2. The summed E-state index contributed by atoms with van der Waals surface area (Å²) < 4.78 is 6.93. The van der Waals surface area contributed by atoms with Crippen LogP contribution in [0.3, 0.4) is 0 Å². The number of thioether (sulfide) groups is 1. The molecular formula is C24H22N2O3S. The molecule has 3 aromatic carbocycles. The van der Waals surface area contributed by atoms with E-state index >= 15 is 0 Å². The summed E-state index contributed by atoms with van der Waals surface area (Å²) in [5.41, 5.74) is 1.34. The fourth-order valence-electron chi connectivity index (χ4n) is 3.46. The summed E-state index contributed by atoms with van der Waals surface area (Å²) in [6.07, 6.45) is 0. The Labute approximate surface area is 178 Å². The maximum atomic E-state index is 13.2. The van der Waals surface area contributed by atoms with Crippen LogP contribution in [0.25, 0.3) is 21.7 Å². The van der Waals surface area contributed by atoms with E-state index in [1.54, 1.807) is 11.5 Å². The van der Waals surface area contributed by atoms with E-state index in [4.69, 9.17) is 9.72 Å². The van der Waals surface area contributed by atoms with Crippen molar-refractivity contribution >= 4 is 39.4 Å². The largest absolute Gasteiger partial charge is 0.465 e. The standard InChI is InChI=1S/C24H22N2O3S/c1-3-26-22(27)19-14-17-12-8-9-13-18(17)15-20(19)25-24(26)30-21(23(28)29-4-2)16-10-6-5-7-11-16/h5-15,21H,3-4H2,1-2H3/t21-/m1/s1. The highest BCUT2D eigenvalue weighted by molar-refractivity contribution is 8.00. The molecule has 0 aliphatic carbocycles. The molecule has 0 aliphatic rings. The first-order valence-corrected chi connectivity index (χ1v) is 10.8. The quantitative estimate of drug-likeness (QED) is 0.192. The zero-order valence-electron chi connectivity index (χ0n) is 16.9. The van der Waals surface area contributed by atoms with Gasteiger partial charge >= 0.3 is 5.97 Å². The molecule has 1 aromatic heterocycles. The van der Waals surface area contributed by atoms with Crippen molar-refractivity contribution in [1.82, 2.24) is 9.55 Å². The molecule has 0 fully saturated rings. The molecule has 6 heteroatoms. The van der Waals surface area contributed by atoms with E-state index in [9.17, 15) is 9.59 Å². The number of rotatable bonds is 6. The molecule has 1 heterocycles. The molecule has 0 amide bonds. The fraction of sp³-hybridized carbons (Fsp3) is 0.208. The van der Waals surface area contributed by atoms with Gasteiger partial charge in [-0.05, 0) is 42.3 Å². The van der Waals surface area contributed by atoms with Gasteiger partial charge in [-0.2, -0.15) is 0 Å². The third-order valence-electron chi connectivity index (χ3n) is 4.93. The normalized spacial score (nSPS) is 12.2. The van der Waals surface area contributed by atoms with Gasteiger partial charge in [0.05, 0.1) is 17.5 Å². The lowest BCUT2D eigenvalue weighted by Crippen LogP contribution is -2.24. The lowest BCUT2D eigenvalue weighted by atomic mass is 10.1. The van der Waals surface area contributed by atoms with Gasteiger partial charge < -0.3 is 4.74 Å². The average Bonchev–Trinajstić information content (AvgIpc) is 2.77. The van der Waals surface area contributed by atoms with E-state index in [0.717, 1.165) is 16.3 Å². The highest BCUT2D eigenvalue weighted by atomic mass is 32.2. The van der Waals surface area contributed by atoms with Crippen LogP contribution in [0.1, 0.15) is 24.7 Å². The van der Waals surface area contributed by atoms with E-state index < -0.39 is 5.25 Å². The highest BCUT2D eigenvalue weighted by Gasteiger charge is 2.26. The second-order valence-electron chi connectivity index (χ2n) is 6.82. The third kappa shape index (κ3) is 3.83. The minimum Gasteiger partial charge on any atom is -0.465 e. The molecule has 4 aromatic rings. The summed E-state index contributed by atoms with van der Waals surface area (Å²) in [5.74, 6) is -0.343. The summed E-state index contributed by atoms with van der Waals surface area (Å²) in [5, 5.41) is 2.50. The minimum absolute atomic E-state index is 0.105. The fourth-order valence-corrected chi connectivity index (χ4v) is 4.62. The number of benzene rings is 3. The van der Waals surface area contributed by atoms with Gasteiger partial charge in [-0.1, -0.05) is 66.4 Å². The second-order valence-corrected chi connectivity index (χ2v) is 7.89. The number of esters is 1. The minimum atomic E-state index is -0.603. The predicted molar refractivity (Wildman–Crippen MR) is 121 cm³/mol. The van der Waals surface area contributed by atoms with Crippen molar-refractivity contribution in [3.63, 3.8) is 0 Å². The summed E-state index contributed by atoms with van der Waals surface area (Å²) in [7, 11) is 0. The number of nitrogens with zero attached hydrogens (tertiary/aromatic N) is 2. The molecule has 4 rings (SSSR count). The van der Waals surface area contributed by atoms with Crippen LogP contribution in [0.5, 0.6) is 0 Å². The monoisotopic (exact) mass is 418 g/mol. The van der Waals surface area contributed by atoms with Crippen LogP contribution >= 0.6 is 11.8 Å². The summed E-state index contributed by atoms with van der Waals surface area (Å²) in [6, 6.07) is 21.2. The van der Waals surface area contributed by atoms with E-state index in [2.05, 4.69) is 0 Å². The molecule has 5 nitrogen and oxygen atoms in total. The Balaban J connectivity index is 1.86. The number of carbonyl (C=O) groups is 1. The van der Waals surface area contributed by atoms with E-state index in [-0.39, 0.29) is 11.5 Å². The van der Waals surface area contributed by atoms with Crippen LogP contribution in [0.2, 0.25) is 0 Å². The zero-order chi connectivity index (χ0) is 21.1. The lowest BCUT2D eigenvalue weighted by Gasteiger charge is -2.18. The van der Waals surface area contributed by atoms with Crippen molar-refractivity contribution < 1.29 is 9.53 Å². The van der Waals surface area contributed by atoms with Gasteiger partial charge in [0.15, 0.2) is 5.16 Å². The van der Waals surface area contributed by atoms with Crippen LogP contribution in [0.15, 0.2) is 76.7 Å². The number of hydrogen-bond acceptors (Lipinski definition) is 5. The molecule has 0 bridgehead atoms. The van der Waals surface area contributed by atoms with Crippen molar-refractivity contribution in [2.24, 2.45) is 0 Å². The smallest absolute Gasteiger partial charge is 0.324 e. The van der Waals surface area contributed by atoms with Crippen molar-refractivity contribution in [2.75, 3.05) is 6.61 Å². The highest BCUT2D eigenvalue weighted by Crippen LogP contribution is 2.35. The molecule has 0 spiro atoms. The Morgan fingerprint density at radius 2 is 1.70 bits per heavy atom. The first-order chi connectivity index (χ1) is 14.6. The van der Waals surface area contributed by atoms with Gasteiger partial charge in [0.2, 0.25) is 0 Å². The summed E-state index contributed by atoms with van der Waals surface area (Å²) in [4.78, 5) is 30.7. The number of ether oxygens (including phenoxy) is 1. The average molecular weight is 419 g/mol. The molecule has 0 saturated heterocycles. The van der Waals surface area contributed by atoms with Gasteiger partial charge in [0, 0.05) is 6.54 Å². The first-order valence-electron chi connectivity index (χ1n) is 9.94. The third-order valence-corrected chi connectivity index (χ3v) is 6.15. The van der Waals surface area contributed by atoms with Gasteiger partial charge in [-0.25, -0.2) is 4.98 Å². The van der Waals surface area contributed by atoms with Gasteiger partial charge in [0.1, 0.15) is 5.25 Å². The van der Waals surface area contributed by atoms with Crippen molar-refractivity contribution in [3.8, 4) is 0 Å². The van der Waals surface area contributed by atoms with Gasteiger partial charge in [-0.15, -0.1) is 0 Å².